The van der Waals surface area contributed by atoms with Crippen molar-refractivity contribution in [2.45, 2.75) is 39.9 Å². The fraction of sp³-hybridized carbons (Fsp3) is 0.500. The zero-order valence-corrected chi connectivity index (χ0v) is 13.6. The van der Waals surface area contributed by atoms with Crippen LogP contribution in [0.25, 0.3) is 0 Å². The largest absolute Gasteiger partial charge is 0.465 e. The second-order valence-corrected chi connectivity index (χ2v) is 5.38. The van der Waals surface area contributed by atoms with Gasteiger partial charge in [-0.15, -0.1) is 0 Å². The number of nitrogens with one attached hydrogen (secondary N) is 1. The lowest BCUT2D eigenvalue weighted by Gasteiger charge is -2.15. The molecule has 0 heterocycles. The summed E-state index contributed by atoms with van der Waals surface area (Å²) in [6, 6.07) is 4.11. The minimum atomic E-state index is -4.50. The quantitative estimate of drug-likeness (QED) is 0.673. The maximum absolute atomic E-state index is 12.7. The van der Waals surface area contributed by atoms with Gasteiger partial charge in [0, 0.05) is 5.56 Å². The monoisotopic (exact) mass is 330 g/mol. The van der Waals surface area contributed by atoms with E-state index in [9.17, 15) is 18.0 Å². The number of carbonyl (C=O) groups excluding carboxylic acids is 1. The SMILES string of the molecule is CCOC(=N[C@@H](C)C(C)C)NC(=O)c1cccc(C(F)(F)F)c1. The highest BCUT2D eigenvalue weighted by Gasteiger charge is 2.31. The lowest BCUT2D eigenvalue weighted by Crippen LogP contribution is -2.34. The average Bonchev–Trinajstić information content (AvgIpc) is 2.46. The molecular formula is C16H21F3N2O2. The second kappa shape index (κ2) is 7.99. The van der Waals surface area contributed by atoms with Gasteiger partial charge in [0.2, 0.25) is 0 Å². The standard InChI is InChI=1S/C16H21F3N2O2/c1-5-23-15(20-11(4)10(2)3)21-14(22)12-7-6-8-13(9-12)16(17,18)19/h6-11H,5H2,1-4H3,(H,20,21,22)/t11-/m0/s1. The van der Waals surface area contributed by atoms with Crippen molar-refractivity contribution in [2.75, 3.05) is 6.61 Å². The summed E-state index contributed by atoms with van der Waals surface area (Å²) in [5.41, 5.74) is -0.986. The van der Waals surface area contributed by atoms with Crippen LogP contribution in [0.2, 0.25) is 0 Å². The zero-order valence-electron chi connectivity index (χ0n) is 13.6. The number of ether oxygens (including phenoxy) is 1. The van der Waals surface area contributed by atoms with Crippen molar-refractivity contribution in [3.8, 4) is 0 Å². The third-order valence-corrected chi connectivity index (χ3v) is 3.24. The Morgan fingerprint density at radius 1 is 1.30 bits per heavy atom. The minimum absolute atomic E-state index is 0.0103. The number of carbonyl (C=O) groups is 1. The van der Waals surface area contributed by atoms with E-state index in [0.29, 0.717) is 0 Å². The summed E-state index contributed by atoms with van der Waals surface area (Å²) in [5.74, 6) is -0.463. The number of amidine groups is 1. The maximum atomic E-state index is 12.7. The topological polar surface area (TPSA) is 50.7 Å². The van der Waals surface area contributed by atoms with Crippen molar-refractivity contribution < 1.29 is 22.7 Å². The molecule has 128 valence electrons. The van der Waals surface area contributed by atoms with E-state index in [-0.39, 0.29) is 30.2 Å². The van der Waals surface area contributed by atoms with Gasteiger partial charge in [0.25, 0.3) is 11.9 Å². The van der Waals surface area contributed by atoms with Crippen LogP contribution in [0.3, 0.4) is 0 Å². The van der Waals surface area contributed by atoms with Gasteiger partial charge in [-0.1, -0.05) is 19.9 Å². The molecule has 0 aromatic heterocycles. The van der Waals surface area contributed by atoms with Crippen molar-refractivity contribution in [2.24, 2.45) is 10.9 Å². The molecular weight excluding hydrogens is 309 g/mol. The van der Waals surface area contributed by atoms with Crippen LogP contribution in [0, 0.1) is 5.92 Å². The second-order valence-electron chi connectivity index (χ2n) is 5.38. The minimum Gasteiger partial charge on any atom is -0.465 e. The number of halogens is 3. The summed E-state index contributed by atoms with van der Waals surface area (Å²) >= 11 is 0. The molecule has 7 heteroatoms. The van der Waals surface area contributed by atoms with Crippen LogP contribution in [0.1, 0.15) is 43.6 Å². The Morgan fingerprint density at radius 2 is 1.96 bits per heavy atom. The molecule has 0 spiro atoms. The number of amides is 1. The first kappa shape index (κ1) is 19.0. The van der Waals surface area contributed by atoms with Gasteiger partial charge < -0.3 is 4.74 Å². The molecule has 0 unspecified atom stereocenters. The summed E-state index contributed by atoms with van der Waals surface area (Å²) in [6.45, 7) is 7.80. The Labute approximate surface area is 133 Å². The molecule has 0 aliphatic carbocycles. The molecule has 0 bridgehead atoms. The highest BCUT2D eigenvalue weighted by molar-refractivity contribution is 6.04. The Kier molecular flexibility index (Phi) is 6.60. The van der Waals surface area contributed by atoms with E-state index in [1.165, 1.54) is 12.1 Å². The number of benzene rings is 1. The summed E-state index contributed by atoms with van der Waals surface area (Å²) in [6.07, 6.45) is -4.50. The van der Waals surface area contributed by atoms with Gasteiger partial charge in [0.05, 0.1) is 18.2 Å². The number of aliphatic imine (C=N–C) groups is 1. The molecule has 23 heavy (non-hydrogen) atoms. The van der Waals surface area contributed by atoms with Crippen molar-refractivity contribution in [3.63, 3.8) is 0 Å². The smallest absolute Gasteiger partial charge is 0.416 e. The third-order valence-electron chi connectivity index (χ3n) is 3.24. The Hall–Kier alpha value is -2.05. The number of hydrogen-bond acceptors (Lipinski definition) is 3. The van der Waals surface area contributed by atoms with E-state index >= 15 is 0 Å². The predicted molar refractivity (Wildman–Crippen MR) is 82.3 cm³/mol. The van der Waals surface area contributed by atoms with Crippen LogP contribution in [0.4, 0.5) is 13.2 Å². The van der Waals surface area contributed by atoms with Crippen LogP contribution < -0.4 is 5.32 Å². The molecule has 1 amide bonds. The van der Waals surface area contributed by atoms with Gasteiger partial charge in [-0.05, 0) is 38.0 Å². The molecule has 1 rings (SSSR count). The Bertz CT molecular complexity index is 569. The molecule has 1 aromatic rings. The average molecular weight is 330 g/mol. The summed E-state index contributed by atoms with van der Waals surface area (Å²) in [4.78, 5) is 16.4. The molecule has 0 saturated carbocycles. The van der Waals surface area contributed by atoms with E-state index in [1.54, 1.807) is 6.92 Å². The van der Waals surface area contributed by atoms with E-state index in [1.807, 2.05) is 20.8 Å². The molecule has 4 nitrogen and oxygen atoms in total. The van der Waals surface area contributed by atoms with E-state index in [4.69, 9.17) is 4.74 Å². The Balaban J connectivity index is 2.95. The fourth-order valence-corrected chi connectivity index (χ4v) is 1.58. The van der Waals surface area contributed by atoms with Crippen LogP contribution in [0.5, 0.6) is 0 Å². The van der Waals surface area contributed by atoms with Gasteiger partial charge in [0.1, 0.15) is 0 Å². The van der Waals surface area contributed by atoms with Crippen molar-refractivity contribution >= 4 is 11.9 Å². The van der Waals surface area contributed by atoms with E-state index in [2.05, 4.69) is 10.3 Å². The summed E-state index contributed by atoms with van der Waals surface area (Å²) in [5, 5.41) is 2.42. The molecule has 0 fully saturated rings. The van der Waals surface area contributed by atoms with E-state index in [0.717, 1.165) is 12.1 Å². The number of nitrogens with zero attached hydrogens (tertiary/aromatic N) is 1. The normalized spacial score (nSPS) is 13.8. The van der Waals surface area contributed by atoms with Gasteiger partial charge in [-0.2, -0.15) is 13.2 Å². The first-order valence-electron chi connectivity index (χ1n) is 7.34. The predicted octanol–water partition coefficient (Wildman–Crippen LogP) is 3.87. The van der Waals surface area contributed by atoms with Crippen molar-refractivity contribution in [3.05, 3.63) is 35.4 Å². The van der Waals surface area contributed by atoms with Gasteiger partial charge in [-0.25, -0.2) is 4.99 Å². The zero-order chi connectivity index (χ0) is 17.6. The Morgan fingerprint density at radius 3 is 2.48 bits per heavy atom. The number of hydrogen-bond donors (Lipinski definition) is 1. The molecule has 0 aliphatic rings. The molecule has 0 aliphatic heterocycles. The molecule has 0 saturated heterocycles. The van der Waals surface area contributed by atoms with E-state index < -0.39 is 17.6 Å². The van der Waals surface area contributed by atoms with Crippen LogP contribution in [-0.4, -0.2) is 24.6 Å². The van der Waals surface area contributed by atoms with Gasteiger partial charge >= 0.3 is 6.18 Å². The lowest BCUT2D eigenvalue weighted by molar-refractivity contribution is -0.137. The molecule has 1 N–H and O–H groups in total. The summed E-state index contributed by atoms with van der Waals surface area (Å²) in [7, 11) is 0. The third kappa shape index (κ3) is 5.92. The molecule has 1 aromatic carbocycles. The van der Waals surface area contributed by atoms with Gasteiger partial charge in [0.15, 0.2) is 0 Å². The highest BCUT2D eigenvalue weighted by atomic mass is 19.4. The first-order chi connectivity index (χ1) is 10.6. The number of alkyl halides is 3. The lowest BCUT2D eigenvalue weighted by atomic mass is 10.1. The van der Waals surface area contributed by atoms with Crippen LogP contribution >= 0.6 is 0 Å². The highest BCUT2D eigenvalue weighted by Crippen LogP contribution is 2.29. The summed E-state index contributed by atoms with van der Waals surface area (Å²) < 4.78 is 43.3. The van der Waals surface area contributed by atoms with Gasteiger partial charge in [-0.3, -0.25) is 10.1 Å². The van der Waals surface area contributed by atoms with Crippen molar-refractivity contribution in [1.29, 1.82) is 0 Å². The molecule has 1 atom stereocenters. The van der Waals surface area contributed by atoms with Crippen LogP contribution in [-0.2, 0) is 10.9 Å². The van der Waals surface area contributed by atoms with Crippen LogP contribution in [0.15, 0.2) is 29.3 Å². The first-order valence-corrected chi connectivity index (χ1v) is 7.34. The molecule has 0 radical (unpaired) electrons. The fourth-order valence-electron chi connectivity index (χ4n) is 1.58. The maximum Gasteiger partial charge on any atom is 0.416 e. The number of rotatable bonds is 4. The van der Waals surface area contributed by atoms with Crippen molar-refractivity contribution in [1.82, 2.24) is 5.32 Å².